The summed E-state index contributed by atoms with van der Waals surface area (Å²) < 4.78 is 3.14. The van der Waals surface area contributed by atoms with E-state index in [9.17, 15) is 9.59 Å². The van der Waals surface area contributed by atoms with Crippen LogP contribution in [0.4, 0.5) is 5.69 Å². The molecular weight excluding hydrogens is 360 g/mol. The normalized spacial score (nSPS) is 14.0. The Labute approximate surface area is 161 Å². The molecular formula is C20H22N4O2S. The first-order valence-corrected chi connectivity index (χ1v) is 10.4. The maximum Gasteiger partial charge on any atom is 0.277 e. The first-order chi connectivity index (χ1) is 13.2. The number of benzene rings is 1. The largest absolute Gasteiger partial charge is 0.324 e. The fourth-order valence-electron chi connectivity index (χ4n) is 3.61. The fourth-order valence-corrected chi connectivity index (χ4v) is 4.07. The van der Waals surface area contributed by atoms with Crippen LogP contribution in [0.5, 0.6) is 0 Å². The van der Waals surface area contributed by atoms with Gasteiger partial charge in [0.2, 0.25) is 5.91 Å². The summed E-state index contributed by atoms with van der Waals surface area (Å²) in [5.41, 5.74) is 3.28. The number of hydrogen-bond donors (Lipinski definition) is 1. The van der Waals surface area contributed by atoms with Gasteiger partial charge in [-0.1, -0.05) is 12.5 Å². The summed E-state index contributed by atoms with van der Waals surface area (Å²) in [5.74, 6) is -0.217. The van der Waals surface area contributed by atoms with Crippen molar-refractivity contribution in [2.24, 2.45) is 0 Å². The lowest BCUT2D eigenvalue weighted by molar-refractivity contribution is -0.116. The molecule has 7 heteroatoms. The highest BCUT2D eigenvalue weighted by Gasteiger charge is 2.19. The van der Waals surface area contributed by atoms with Gasteiger partial charge < -0.3 is 9.88 Å². The topological polar surface area (TPSA) is 68.4 Å². The van der Waals surface area contributed by atoms with E-state index in [1.807, 2.05) is 30.5 Å². The zero-order valence-corrected chi connectivity index (χ0v) is 16.1. The minimum Gasteiger partial charge on any atom is -0.324 e. The molecule has 0 spiro atoms. The Morgan fingerprint density at radius 2 is 2.07 bits per heavy atom. The lowest BCUT2D eigenvalue weighted by Crippen LogP contribution is -2.28. The Balaban J connectivity index is 1.60. The molecule has 27 heavy (non-hydrogen) atoms. The number of thioether (sulfide) groups is 1. The second-order valence-corrected chi connectivity index (χ2v) is 7.67. The molecule has 3 aromatic rings. The summed E-state index contributed by atoms with van der Waals surface area (Å²) in [6, 6.07) is 7.66. The quantitative estimate of drug-likeness (QED) is 0.556. The van der Waals surface area contributed by atoms with Gasteiger partial charge in [-0.25, -0.2) is 4.52 Å². The molecule has 0 saturated heterocycles. The molecule has 1 N–H and O–H groups in total. The highest BCUT2D eigenvalue weighted by atomic mass is 32.2. The Hall–Kier alpha value is -2.54. The van der Waals surface area contributed by atoms with Crippen molar-refractivity contribution < 1.29 is 4.79 Å². The predicted molar refractivity (Wildman–Crippen MR) is 108 cm³/mol. The molecule has 0 fully saturated rings. The van der Waals surface area contributed by atoms with Gasteiger partial charge in [-0.2, -0.15) is 5.10 Å². The molecule has 4 rings (SSSR count). The Morgan fingerprint density at radius 3 is 2.93 bits per heavy atom. The summed E-state index contributed by atoms with van der Waals surface area (Å²) in [4.78, 5) is 26.5. The van der Waals surface area contributed by atoms with E-state index in [2.05, 4.69) is 10.4 Å². The smallest absolute Gasteiger partial charge is 0.277 e. The van der Waals surface area contributed by atoms with Gasteiger partial charge in [0.15, 0.2) is 0 Å². The summed E-state index contributed by atoms with van der Waals surface area (Å²) in [6.07, 6.45) is 10.6. The van der Waals surface area contributed by atoms with E-state index in [-0.39, 0.29) is 18.0 Å². The number of fused-ring (bicyclic) bond motifs is 3. The van der Waals surface area contributed by atoms with Crippen LogP contribution in [0.25, 0.3) is 5.52 Å². The molecule has 0 aliphatic heterocycles. The van der Waals surface area contributed by atoms with Crippen LogP contribution in [-0.4, -0.2) is 26.3 Å². The lowest BCUT2D eigenvalue weighted by Gasteiger charge is -2.09. The van der Waals surface area contributed by atoms with Crippen LogP contribution in [0.2, 0.25) is 0 Å². The average Bonchev–Trinajstić information content (AvgIpc) is 2.86. The molecule has 1 aromatic carbocycles. The number of carbonyl (C=O) groups excluding carboxylic acids is 1. The molecule has 0 atom stereocenters. The third-order valence-corrected chi connectivity index (χ3v) is 5.68. The maximum atomic E-state index is 13.0. The average molecular weight is 382 g/mol. The van der Waals surface area contributed by atoms with Gasteiger partial charge in [0.25, 0.3) is 5.56 Å². The van der Waals surface area contributed by atoms with Crippen LogP contribution in [0.3, 0.4) is 0 Å². The standard InChI is InChI=1S/C20H22N4O2S/c1-27-15-7-5-6-14(12-15)21-18(25)13-23-10-11-24-19(20(23)26)16-8-3-2-4-9-17(16)22-24/h5-7,10-12H,2-4,8-9,13H2,1H3,(H,21,25). The van der Waals surface area contributed by atoms with Gasteiger partial charge >= 0.3 is 0 Å². The highest BCUT2D eigenvalue weighted by Crippen LogP contribution is 2.22. The van der Waals surface area contributed by atoms with Crippen molar-refractivity contribution in [2.45, 2.75) is 43.5 Å². The second kappa shape index (κ2) is 7.60. The van der Waals surface area contributed by atoms with Crippen LogP contribution in [0.15, 0.2) is 46.3 Å². The lowest BCUT2D eigenvalue weighted by atomic mass is 10.1. The summed E-state index contributed by atoms with van der Waals surface area (Å²) in [6.45, 7) is -0.0151. The number of hydrogen-bond acceptors (Lipinski definition) is 4. The van der Waals surface area contributed by atoms with E-state index < -0.39 is 0 Å². The monoisotopic (exact) mass is 382 g/mol. The van der Waals surface area contributed by atoms with Gasteiger partial charge in [0.1, 0.15) is 12.1 Å². The van der Waals surface area contributed by atoms with Crippen LogP contribution in [0.1, 0.15) is 30.5 Å². The third kappa shape index (κ3) is 3.64. The molecule has 1 aliphatic rings. The number of amides is 1. The number of nitrogens with zero attached hydrogens (tertiary/aromatic N) is 3. The van der Waals surface area contributed by atoms with Gasteiger partial charge in [-0.3, -0.25) is 9.59 Å². The van der Waals surface area contributed by atoms with Crippen molar-refractivity contribution in [3.8, 4) is 0 Å². The van der Waals surface area contributed by atoms with E-state index in [0.717, 1.165) is 47.5 Å². The maximum absolute atomic E-state index is 13.0. The van der Waals surface area contributed by atoms with Gasteiger partial charge in [-0.05, 0) is 50.1 Å². The molecule has 0 unspecified atom stereocenters. The van der Waals surface area contributed by atoms with Gasteiger partial charge in [0.05, 0.1) is 5.69 Å². The van der Waals surface area contributed by atoms with E-state index in [4.69, 9.17) is 0 Å². The molecule has 2 aromatic heterocycles. The minimum absolute atomic E-state index is 0.0151. The Morgan fingerprint density at radius 1 is 1.22 bits per heavy atom. The molecule has 0 bridgehead atoms. The molecule has 1 amide bonds. The number of anilines is 1. The zero-order valence-electron chi connectivity index (χ0n) is 15.3. The number of aryl methyl sites for hydroxylation is 2. The number of rotatable bonds is 4. The SMILES string of the molecule is CSc1cccc(NC(=O)Cn2ccn3nc4c(c3c2=O)CCCCC4)c1. The zero-order chi connectivity index (χ0) is 18.8. The fraction of sp³-hybridized carbons (Fsp3) is 0.350. The first-order valence-electron chi connectivity index (χ1n) is 9.19. The van der Waals surface area contributed by atoms with E-state index in [0.29, 0.717) is 5.52 Å². The molecule has 0 radical (unpaired) electrons. The van der Waals surface area contributed by atoms with E-state index in [1.165, 1.54) is 11.0 Å². The van der Waals surface area contributed by atoms with E-state index in [1.54, 1.807) is 28.7 Å². The summed E-state index contributed by atoms with van der Waals surface area (Å²) in [7, 11) is 0. The Bertz CT molecular complexity index is 1050. The molecule has 1 aliphatic carbocycles. The van der Waals surface area contributed by atoms with E-state index >= 15 is 0 Å². The van der Waals surface area contributed by atoms with Crippen molar-refractivity contribution in [3.05, 3.63) is 58.3 Å². The molecule has 6 nitrogen and oxygen atoms in total. The predicted octanol–water partition coefficient (Wildman–Crippen LogP) is 3.13. The molecule has 140 valence electrons. The number of carbonyl (C=O) groups is 1. The summed E-state index contributed by atoms with van der Waals surface area (Å²) >= 11 is 1.62. The highest BCUT2D eigenvalue weighted by molar-refractivity contribution is 7.98. The second-order valence-electron chi connectivity index (χ2n) is 6.79. The van der Waals surface area contributed by atoms with Crippen LogP contribution in [0, 0.1) is 0 Å². The first kappa shape index (κ1) is 17.9. The number of aromatic nitrogens is 3. The van der Waals surface area contributed by atoms with Crippen LogP contribution < -0.4 is 10.9 Å². The number of nitrogens with one attached hydrogen (secondary N) is 1. The molecule has 0 saturated carbocycles. The van der Waals surface area contributed by atoms with Gasteiger partial charge in [0, 0.05) is 28.5 Å². The van der Waals surface area contributed by atoms with Crippen molar-refractivity contribution >= 4 is 28.9 Å². The van der Waals surface area contributed by atoms with Gasteiger partial charge in [-0.15, -0.1) is 11.8 Å². The van der Waals surface area contributed by atoms with Crippen molar-refractivity contribution in [2.75, 3.05) is 11.6 Å². The van der Waals surface area contributed by atoms with Crippen molar-refractivity contribution in [3.63, 3.8) is 0 Å². The summed E-state index contributed by atoms with van der Waals surface area (Å²) in [5, 5.41) is 7.45. The molecule has 2 heterocycles. The van der Waals surface area contributed by atoms with Crippen LogP contribution >= 0.6 is 11.8 Å². The van der Waals surface area contributed by atoms with Crippen LogP contribution in [-0.2, 0) is 24.2 Å². The van der Waals surface area contributed by atoms with Crippen molar-refractivity contribution in [1.29, 1.82) is 0 Å². The Kier molecular flexibility index (Phi) is 5.03. The third-order valence-electron chi connectivity index (χ3n) is 4.95. The van der Waals surface area contributed by atoms with Crippen molar-refractivity contribution in [1.82, 2.24) is 14.2 Å². The minimum atomic E-state index is -0.217.